The molecule has 1 atom stereocenters. The molecule has 3 aromatic rings. The first-order valence-corrected chi connectivity index (χ1v) is 9.79. The third-order valence-corrected chi connectivity index (χ3v) is 5.47. The third-order valence-electron chi connectivity index (χ3n) is 5.22. The van der Waals surface area contributed by atoms with Crippen LogP contribution in [-0.4, -0.2) is 28.6 Å². The number of ketones is 1. The smallest absolute Gasteiger partial charge is 0.300 e. The number of hydrogen-bond acceptors (Lipinski definition) is 6. The van der Waals surface area contributed by atoms with Crippen molar-refractivity contribution in [2.45, 2.75) is 6.04 Å². The van der Waals surface area contributed by atoms with E-state index >= 15 is 0 Å². The SMILES string of the molecule is O=C1C(=O)N(c2ccc3c(c2)OCO3)C(c2ccncc2)/C1=C(\O)c1ccc(Cl)cc1. The lowest BCUT2D eigenvalue weighted by atomic mass is 9.96. The highest BCUT2D eigenvalue weighted by molar-refractivity contribution is 6.51. The van der Waals surface area contributed by atoms with Gasteiger partial charge in [-0.3, -0.25) is 19.5 Å². The van der Waals surface area contributed by atoms with Gasteiger partial charge in [-0.1, -0.05) is 11.6 Å². The molecule has 1 N–H and O–H groups in total. The van der Waals surface area contributed by atoms with Gasteiger partial charge in [0.2, 0.25) is 6.79 Å². The maximum absolute atomic E-state index is 13.1. The lowest BCUT2D eigenvalue weighted by molar-refractivity contribution is -0.132. The molecule has 1 fully saturated rings. The molecule has 1 amide bonds. The first kappa shape index (κ1) is 19.1. The summed E-state index contributed by atoms with van der Waals surface area (Å²) in [5.74, 6) is -0.782. The number of nitrogens with zero attached hydrogens (tertiary/aromatic N) is 2. The summed E-state index contributed by atoms with van der Waals surface area (Å²) in [5.41, 5.74) is 1.44. The van der Waals surface area contributed by atoms with Crippen molar-refractivity contribution >= 4 is 34.7 Å². The highest BCUT2D eigenvalue weighted by atomic mass is 35.5. The van der Waals surface area contributed by atoms with Crippen molar-refractivity contribution in [1.29, 1.82) is 0 Å². The monoisotopic (exact) mass is 434 g/mol. The number of Topliss-reactive ketones (excluding diaryl/α,β-unsaturated/α-hetero) is 1. The molecule has 0 bridgehead atoms. The van der Waals surface area contributed by atoms with E-state index in [1.165, 1.54) is 4.90 Å². The summed E-state index contributed by atoms with van der Waals surface area (Å²) in [6.07, 6.45) is 3.13. The van der Waals surface area contributed by atoms with E-state index in [-0.39, 0.29) is 18.1 Å². The molecule has 1 aromatic heterocycles. The zero-order chi connectivity index (χ0) is 21.5. The molecule has 1 unspecified atom stereocenters. The number of carbonyl (C=O) groups is 2. The fourth-order valence-corrected chi connectivity index (χ4v) is 3.88. The Bertz CT molecular complexity index is 1220. The van der Waals surface area contributed by atoms with Crippen LogP contribution < -0.4 is 14.4 Å². The van der Waals surface area contributed by atoms with Crippen molar-refractivity contribution in [2.75, 3.05) is 11.7 Å². The molecule has 2 aliphatic heterocycles. The van der Waals surface area contributed by atoms with Crippen LogP contribution in [0.5, 0.6) is 11.5 Å². The number of fused-ring (bicyclic) bond motifs is 1. The second kappa shape index (κ2) is 7.45. The van der Waals surface area contributed by atoms with Crippen LogP contribution in [-0.2, 0) is 9.59 Å². The average molecular weight is 435 g/mol. The van der Waals surface area contributed by atoms with Crippen LogP contribution in [0.3, 0.4) is 0 Å². The Kier molecular flexibility index (Phi) is 4.60. The van der Waals surface area contributed by atoms with Crippen molar-refractivity contribution < 1.29 is 24.2 Å². The summed E-state index contributed by atoms with van der Waals surface area (Å²) in [6, 6.07) is 13.9. The number of pyridine rings is 1. The summed E-state index contributed by atoms with van der Waals surface area (Å²) < 4.78 is 10.8. The summed E-state index contributed by atoms with van der Waals surface area (Å²) in [4.78, 5) is 31.6. The van der Waals surface area contributed by atoms with Gasteiger partial charge in [-0.2, -0.15) is 0 Å². The van der Waals surface area contributed by atoms with Gasteiger partial charge in [0.1, 0.15) is 5.76 Å². The lowest BCUT2D eigenvalue weighted by Crippen LogP contribution is -2.29. The van der Waals surface area contributed by atoms with Gasteiger partial charge in [0, 0.05) is 34.7 Å². The number of amides is 1. The largest absolute Gasteiger partial charge is 0.507 e. The summed E-state index contributed by atoms with van der Waals surface area (Å²) in [6.45, 7) is 0.0853. The van der Waals surface area contributed by atoms with E-state index in [0.29, 0.717) is 33.3 Å². The van der Waals surface area contributed by atoms with Gasteiger partial charge in [0.15, 0.2) is 11.5 Å². The van der Waals surface area contributed by atoms with E-state index in [1.807, 2.05) is 0 Å². The first-order chi connectivity index (χ1) is 15.0. The van der Waals surface area contributed by atoms with Crippen LogP contribution in [0.2, 0.25) is 5.02 Å². The van der Waals surface area contributed by atoms with Gasteiger partial charge in [-0.25, -0.2) is 0 Å². The standard InChI is InChI=1S/C23H15ClN2O5/c24-15-3-1-14(2-4-15)21(27)19-20(13-7-9-25-10-8-13)26(23(29)22(19)28)16-5-6-17-18(11-16)31-12-30-17/h1-11,20,27H,12H2/b21-19+. The fourth-order valence-electron chi connectivity index (χ4n) is 3.76. The van der Waals surface area contributed by atoms with Crippen LogP contribution in [0.4, 0.5) is 5.69 Å². The molecule has 0 aliphatic carbocycles. The molecule has 154 valence electrons. The van der Waals surface area contributed by atoms with Crippen molar-refractivity contribution in [3.8, 4) is 11.5 Å². The molecule has 2 aliphatic rings. The Morgan fingerprint density at radius 1 is 1.00 bits per heavy atom. The molecule has 2 aromatic carbocycles. The van der Waals surface area contributed by atoms with Crippen molar-refractivity contribution in [3.63, 3.8) is 0 Å². The molecular weight excluding hydrogens is 420 g/mol. The van der Waals surface area contributed by atoms with Crippen LogP contribution in [0.15, 0.2) is 72.6 Å². The number of benzene rings is 2. The molecule has 0 saturated carbocycles. The number of aliphatic hydroxyl groups excluding tert-OH is 1. The predicted molar refractivity (Wildman–Crippen MR) is 113 cm³/mol. The molecule has 1 saturated heterocycles. The Morgan fingerprint density at radius 2 is 1.71 bits per heavy atom. The van der Waals surface area contributed by atoms with Crippen LogP contribution in [0.25, 0.3) is 5.76 Å². The van der Waals surface area contributed by atoms with Crippen LogP contribution in [0.1, 0.15) is 17.2 Å². The van der Waals surface area contributed by atoms with Gasteiger partial charge in [0.25, 0.3) is 11.7 Å². The molecule has 7 nitrogen and oxygen atoms in total. The number of hydrogen-bond donors (Lipinski definition) is 1. The molecule has 31 heavy (non-hydrogen) atoms. The molecule has 5 rings (SSSR count). The number of anilines is 1. The van der Waals surface area contributed by atoms with Crippen molar-refractivity contribution in [3.05, 3.63) is 88.7 Å². The second-order valence-corrected chi connectivity index (χ2v) is 7.43. The zero-order valence-electron chi connectivity index (χ0n) is 16.0. The Balaban J connectivity index is 1.70. The number of ether oxygens (including phenoxy) is 2. The Morgan fingerprint density at radius 3 is 2.45 bits per heavy atom. The van der Waals surface area contributed by atoms with Gasteiger partial charge in [-0.15, -0.1) is 0 Å². The highest BCUT2D eigenvalue weighted by Crippen LogP contribution is 2.44. The maximum Gasteiger partial charge on any atom is 0.300 e. The van der Waals surface area contributed by atoms with E-state index < -0.39 is 17.7 Å². The number of carbonyl (C=O) groups excluding carboxylic acids is 2. The normalized spacial score (nSPS) is 19.1. The minimum Gasteiger partial charge on any atom is -0.507 e. The van der Waals surface area contributed by atoms with E-state index in [4.69, 9.17) is 21.1 Å². The predicted octanol–water partition coefficient (Wildman–Crippen LogP) is 4.09. The third kappa shape index (κ3) is 3.19. The van der Waals surface area contributed by atoms with Crippen molar-refractivity contribution in [2.24, 2.45) is 0 Å². The Labute approximate surface area is 182 Å². The number of aliphatic hydroxyl groups is 1. The summed E-state index contributed by atoms with van der Waals surface area (Å²) in [5, 5.41) is 11.5. The molecular formula is C23H15ClN2O5. The van der Waals surface area contributed by atoms with Gasteiger partial charge in [0.05, 0.1) is 11.6 Å². The van der Waals surface area contributed by atoms with Crippen LogP contribution >= 0.6 is 11.6 Å². The quantitative estimate of drug-likeness (QED) is 0.379. The highest BCUT2D eigenvalue weighted by Gasteiger charge is 2.47. The number of rotatable bonds is 3. The Hall–Kier alpha value is -3.84. The number of aromatic nitrogens is 1. The summed E-state index contributed by atoms with van der Waals surface area (Å²) in [7, 11) is 0. The number of halogens is 1. The lowest BCUT2D eigenvalue weighted by Gasteiger charge is -2.25. The van der Waals surface area contributed by atoms with Gasteiger partial charge in [-0.05, 0) is 54.1 Å². The zero-order valence-corrected chi connectivity index (χ0v) is 16.7. The van der Waals surface area contributed by atoms with Gasteiger partial charge < -0.3 is 14.6 Å². The maximum atomic E-state index is 13.1. The molecule has 3 heterocycles. The summed E-state index contributed by atoms with van der Waals surface area (Å²) >= 11 is 5.95. The minimum absolute atomic E-state index is 0.0174. The second-order valence-electron chi connectivity index (χ2n) is 6.99. The van der Waals surface area contributed by atoms with E-state index in [2.05, 4.69) is 4.98 Å². The minimum atomic E-state index is -0.848. The molecule has 0 spiro atoms. The molecule has 8 heteroatoms. The van der Waals surface area contributed by atoms with Crippen LogP contribution in [0, 0.1) is 0 Å². The fraction of sp³-hybridized carbons (Fsp3) is 0.0870. The average Bonchev–Trinajstić information content (AvgIpc) is 3.36. The topological polar surface area (TPSA) is 89.0 Å². The van der Waals surface area contributed by atoms with E-state index in [1.54, 1.807) is 67.0 Å². The first-order valence-electron chi connectivity index (χ1n) is 9.41. The van der Waals surface area contributed by atoms with Crippen molar-refractivity contribution in [1.82, 2.24) is 4.98 Å². The molecule has 0 radical (unpaired) electrons. The van der Waals surface area contributed by atoms with E-state index in [9.17, 15) is 14.7 Å². The van der Waals surface area contributed by atoms with Gasteiger partial charge >= 0.3 is 0 Å². The van der Waals surface area contributed by atoms with E-state index in [0.717, 1.165) is 0 Å².